The van der Waals surface area contributed by atoms with Crippen molar-refractivity contribution < 1.29 is 14.6 Å². The van der Waals surface area contributed by atoms with E-state index in [1.54, 1.807) is 7.11 Å². The van der Waals surface area contributed by atoms with Crippen LogP contribution < -0.4 is 5.32 Å². The Hall–Kier alpha value is -2.41. The number of nitrogens with one attached hydrogen (secondary N) is 1. The zero-order chi connectivity index (χ0) is 19.8. The number of rotatable bonds is 5. The standard InChI is InChI=1S/C22H27N3O3/c1-5-28-21-17-11-16(12-27-4)25-14(3)13(2)23-22(25)19(17)24-18(20(21)26)15-9-7-6-8-10-15/h6-11,18,20-21,24,26H,5,12H2,1-4H3/t18-,20-,21-/m1/s1. The quantitative estimate of drug-likeness (QED) is 0.705. The number of ether oxygens (including phenoxy) is 2. The van der Waals surface area contributed by atoms with Gasteiger partial charge in [0.15, 0.2) is 5.65 Å². The van der Waals surface area contributed by atoms with Crippen molar-refractivity contribution in [1.29, 1.82) is 0 Å². The first-order valence-corrected chi connectivity index (χ1v) is 9.68. The lowest BCUT2D eigenvalue weighted by Crippen LogP contribution is -2.38. The number of anilines is 1. The molecule has 0 radical (unpaired) electrons. The summed E-state index contributed by atoms with van der Waals surface area (Å²) < 4.78 is 13.6. The van der Waals surface area contributed by atoms with Crippen molar-refractivity contribution in [2.45, 2.75) is 45.6 Å². The summed E-state index contributed by atoms with van der Waals surface area (Å²) >= 11 is 0. The summed E-state index contributed by atoms with van der Waals surface area (Å²) in [6, 6.07) is 11.8. The summed E-state index contributed by atoms with van der Waals surface area (Å²) in [6.45, 7) is 6.99. The third-order valence-corrected chi connectivity index (χ3v) is 5.52. The lowest BCUT2D eigenvalue weighted by atomic mass is 9.88. The second-order valence-corrected chi connectivity index (χ2v) is 7.24. The molecule has 28 heavy (non-hydrogen) atoms. The Morgan fingerprint density at radius 3 is 2.64 bits per heavy atom. The molecule has 3 aromatic rings. The van der Waals surface area contributed by atoms with Gasteiger partial charge in [-0.3, -0.25) is 4.40 Å². The number of imidazole rings is 1. The van der Waals surface area contributed by atoms with Crippen LogP contribution >= 0.6 is 0 Å². The van der Waals surface area contributed by atoms with E-state index in [-0.39, 0.29) is 6.04 Å². The number of aromatic nitrogens is 2. The minimum atomic E-state index is -0.718. The van der Waals surface area contributed by atoms with Gasteiger partial charge >= 0.3 is 0 Å². The van der Waals surface area contributed by atoms with Crippen LogP contribution in [0.3, 0.4) is 0 Å². The van der Waals surface area contributed by atoms with Crippen molar-refractivity contribution >= 4 is 11.3 Å². The average molecular weight is 381 g/mol. The largest absolute Gasteiger partial charge is 0.388 e. The van der Waals surface area contributed by atoms with Gasteiger partial charge in [-0.15, -0.1) is 0 Å². The second-order valence-electron chi connectivity index (χ2n) is 7.24. The van der Waals surface area contributed by atoms with E-state index in [9.17, 15) is 5.11 Å². The van der Waals surface area contributed by atoms with Crippen LogP contribution in [0.25, 0.3) is 5.65 Å². The lowest BCUT2D eigenvalue weighted by molar-refractivity contribution is -0.0463. The van der Waals surface area contributed by atoms with Crippen LogP contribution in [0.2, 0.25) is 0 Å². The Morgan fingerprint density at radius 2 is 1.96 bits per heavy atom. The fourth-order valence-corrected chi connectivity index (χ4v) is 4.11. The molecular weight excluding hydrogens is 354 g/mol. The number of nitrogens with zero attached hydrogens (tertiary/aromatic N) is 2. The molecule has 1 aliphatic heterocycles. The van der Waals surface area contributed by atoms with E-state index >= 15 is 0 Å². The highest BCUT2D eigenvalue weighted by Gasteiger charge is 2.39. The van der Waals surface area contributed by atoms with Crippen LogP contribution in [0, 0.1) is 13.8 Å². The molecular formula is C22H27N3O3. The highest BCUT2D eigenvalue weighted by Crippen LogP contribution is 2.43. The Balaban J connectivity index is 1.95. The van der Waals surface area contributed by atoms with Gasteiger partial charge in [-0.25, -0.2) is 4.98 Å². The van der Waals surface area contributed by atoms with Crippen LogP contribution in [-0.4, -0.2) is 34.3 Å². The van der Waals surface area contributed by atoms with Gasteiger partial charge in [0.1, 0.15) is 12.2 Å². The number of aliphatic hydroxyl groups excluding tert-OH is 1. The molecule has 1 aromatic carbocycles. The molecule has 6 nitrogen and oxygen atoms in total. The summed E-state index contributed by atoms with van der Waals surface area (Å²) in [5.74, 6) is 0. The maximum Gasteiger partial charge on any atom is 0.161 e. The molecule has 3 heterocycles. The van der Waals surface area contributed by atoms with E-state index in [1.165, 1.54) is 0 Å². The first kappa shape index (κ1) is 18.9. The van der Waals surface area contributed by atoms with E-state index in [2.05, 4.69) is 22.7 Å². The van der Waals surface area contributed by atoms with Crippen LogP contribution in [0.1, 0.15) is 47.3 Å². The number of fused-ring (bicyclic) bond motifs is 3. The predicted molar refractivity (Wildman–Crippen MR) is 109 cm³/mol. The monoisotopic (exact) mass is 381 g/mol. The van der Waals surface area contributed by atoms with E-state index in [0.717, 1.165) is 39.5 Å². The van der Waals surface area contributed by atoms with Crippen molar-refractivity contribution in [2.75, 3.05) is 19.0 Å². The third kappa shape index (κ3) is 2.98. The van der Waals surface area contributed by atoms with Crippen molar-refractivity contribution in [3.8, 4) is 0 Å². The van der Waals surface area contributed by atoms with Gasteiger partial charge in [-0.1, -0.05) is 30.3 Å². The van der Waals surface area contributed by atoms with Gasteiger partial charge < -0.3 is 19.9 Å². The topological polar surface area (TPSA) is 68.0 Å². The Kier molecular flexibility index (Phi) is 5.10. The number of benzene rings is 1. The molecule has 0 saturated carbocycles. The summed E-state index contributed by atoms with van der Waals surface area (Å²) in [7, 11) is 1.68. The lowest BCUT2D eigenvalue weighted by Gasteiger charge is -2.38. The summed E-state index contributed by atoms with van der Waals surface area (Å²) in [5.41, 5.74) is 6.75. The molecule has 0 fully saturated rings. The zero-order valence-corrected chi connectivity index (χ0v) is 16.8. The van der Waals surface area contributed by atoms with Gasteiger partial charge in [0.25, 0.3) is 0 Å². The number of aliphatic hydroxyl groups is 1. The Morgan fingerprint density at radius 1 is 1.21 bits per heavy atom. The number of aryl methyl sites for hydroxylation is 2. The molecule has 1 aliphatic rings. The first-order valence-electron chi connectivity index (χ1n) is 9.68. The highest BCUT2D eigenvalue weighted by molar-refractivity contribution is 5.76. The summed E-state index contributed by atoms with van der Waals surface area (Å²) in [5, 5.41) is 14.7. The molecule has 6 heteroatoms. The molecule has 3 atom stereocenters. The van der Waals surface area contributed by atoms with Crippen molar-refractivity contribution in [1.82, 2.24) is 9.38 Å². The zero-order valence-electron chi connectivity index (χ0n) is 16.8. The van der Waals surface area contributed by atoms with Crippen molar-refractivity contribution in [3.63, 3.8) is 0 Å². The van der Waals surface area contributed by atoms with Crippen LogP contribution in [-0.2, 0) is 16.1 Å². The number of hydrogen-bond donors (Lipinski definition) is 2. The van der Waals surface area contributed by atoms with Gasteiger partial charge in [0.2, 0.25) is 0 Å². The molecule has 4 rings (SSSR count). The molecule has 2 N–H and O–H groups in total. The molecule has 0 aliphatic carbocycles. The first-order chi connectivity index (χ1) is 13.6. The Labute approximate surface area is 165 Å². The number of methoxy groups -OCH3 is 1. The van der Waals surface area contributed by atoms with Crippen LogP contribution in [0.5, 0.6) is 0 Å². The average Bonchev–Trinajstić information content (AvgIpc) is 3.00. The van der Waals surface area contributed by atoms with E-state index in [0.29, 0.717) is 13.2 Å². The molecule has 2 aromatic heterocycles. The summed E-state index contributed by atoms with van der Waals surface area (Å²) in [6.07, 6.45) is -1.16. The van der Waals surface area contributed by atoms with Gasteiger partial charge in [0.05, 0.1) is 29.7 Å². The van der Waals surface area contributed by atoms with E-state index in [1.807, 2.05) is 44.2 Å². The van der Waals surface area contributed by atoms with Crippen LogP contribution in [0.15, 0.2) is 36.4 Å². The van der Waals surface area contributed by atoms with E-state index < -0.39 is 12.2 Å². The van der Waals surface area contributed by atoms with E-state index in [4.69, 9.17) is 14.5 Å². The van der Waals surface area contributed by atoms with Gasteiger partial charge in [-0.2, -0.15) is 0 Å². The number of pyridine rings is 1. The fourth-order valence-electron chi connectivity index (χ4n) is 4.11. The molecule has 148 valence electrons. The minimum Gasteiger partial charge on any atom is -0.388 e. The maximum absolute atomic E-state index is 11.2. The summed E-state index contributed by atoms with van der Waals surface area (Å²) in [4.78, 5) is 4.82. The number of hydrogen-bond acceptors (Lipinski definition) is 5. The third-order valence-electron chi connectivity index (χ3n) is 5.52. The van der Waals surface area contributed by atoms with Gasteiger partial charge in [0, 0.05) is 25.0 Å². The minimum absolute atomic E-state index is 0.278. The fraction of sp³-hybridized carbons (Fsp3) is 0.409. The molecule has 0 spiro atoms. The highest BCUT2D eigenvalue weighted by atomic mass is 16.5. The second kappa shape index (κ2) is 7.54. The van der Waals surface area contributed by atoms with Crippen molar-refractivity contribution in [3.05, 3.63) is 64.6 Å². The predicted octanol–water partition coefficient (Wildman–Crippen LogP) is 3.70. The normalized spacial score (nSPS) is 21.5. The van der Waals surface area contributed by atoms with Gasteiger partial charge in [-0.05, 0) is 32.4 Å². The van der Waals surface area contributed by atoms with Crippen molar-refractivity contribution in [2.24, 2.45) is 0 Å². The Bertz CT molecular complexity index is 984. The molecule has 0 unspecified atom stereocenters. The SMILES string of the molecule is CCO[C@@H]1c2cc(COC)n3c(C)c(C)nc3c2N[C@H](c2ccccc2)[C@H]1O. The molecule has 0 saturated heterocycles. The molecule has 0 bridgehead atoms. The smallest absolute Gasteiger partial charge is 0.161 e. The van der Waals surface area contributed by atoms with Crippen LogP contribution in [0.4, 0.5) is 5.69 Å². The molecule has 0 amide bonds. The maximum atomic E-state index is 11.2.